The van der Waals surface area contributed by atoms with Crippen molar-refractivity contribution in [2.24, 2.45) is 0 Å². The maximum absolute atomic E-state index is 5.88. The molecule has 2 rings (SSSR count). The fourth-order valence-electron chi connectivity index (χ4n) is 2.02. The zero-order valence-corrected chi connectivity index (χ0v) is 10.4. The first-order chi connectivity index (χ1) is 7.63. The molecule has 0 spiro atoms. The molecule has 4 heteroatoms. The Hall–Kier alpha value is -1.35. The van der Waals surface area contributed by atoms with Gasteiger partial charge in [0.2, 0.25) is 5.88 Å². The van der Waals surface area contributed by atoms with Gasteiger partial charge in [-0.2, -0.15) is 0 Å². The van der Waals surface area contributed by atoms with E-state index in [9.17, 15) is 0 Å². The Bertz CT molecular complexity index is 402. The van der Waals surface area contributed by atoms with Crippen molar-refractivity contribution in [3.05, 3.63) is 46.9 Å². The van der Waals surface area contributed by atoms with Crippen LogP contribution in [0.25, 0.3) is 0 Å². The lowest BCUT2D eigenvalue weighted by atomic mass is 10.1. The molecule has 1 aromatic carbocycles. The quantitative estimate of drug-likeness (QED) is 0.788. The maximum atomic E-state index is 5.88. The minimum atomic E-state index is 0.173. The molecular weight excluding hydrogens is 224 g/mol. The molecule has 0 saturated carbocycles. The summed E-state index contributed by atoms with van der Waals surface area (Å²) in [7, 11) is 5.72. The summed E-state index contributed by atoms with van der Waals surface area (Å²) in [4.78, 5) is 4.20. The highest BCUT2D eigenvalue weighted by molar-refractivity contribution is 6.30. The third kappa shape index (κ3) is 1.83. The minimum absolute atomic E-state index is 0.173. The zero-order valence-electron chi connectivity index (χ0n) is 9.64. The van der Waals surface area contributed by atoms with Crippen LogP contribution in [0.1, 0.15) is 11.7 Å². The molecule has 3 nitrogen and oxygen atoms in total. The molecule has 0 fully saturated rings. The maximum Gasteiger partial charge on any atom is 0.207 e. The van der Waals surface area contributed by atoms with Crippen molar-refractivity contribution in [3.63, 3.8) is 0 Å². The van der Waals surface area contributed by atoms with E-state index in [2.05, 4.69) is 9.80 Å². The first-order valence-corrected chi connectivity index (χ1v) is 5.47. The molecule has 0 aromatic heterocycles. The summed E-state index contributed by atoms with van der Waals surface area (Å²) in [6, 6.07) is 7.88. The molecule has 0 aliphatic carbocycles. The van der Waals surface area contributed by atoms with Gasteiger partial charge in [0.1, 0.15) is 6.17 Å². The Morgan fingerprint density at radius 1 is 1.19 bits per heavy atom. The van der Waals surface area contributed by atoms with E-state index in [4.69, 9.17) is 16.3 Å². The van der Waals surface area contributed by atoms with Crippen LogP contribution in [-0.2, 0) is 4.74 Å². The summed E-state index contributed by atoms with van der Waals surface area (Å²) in [5.74, 6) is 0.863. The Labute approximate surface area is 101 Å². The lowest BCUT2D eigenvalue weighted by molar-refractivity contribution is 0.124. The van der Waals surface area contributed by atoms with E-state index >= 15 is 0 Å². The Kier molecular flexibility index (Phi) is 2.97. The van der Waals surface area contributed by atoms with Crippen LogP contribution >= 0.6 is 11.6 Å². The van der Waals surface area contributed by atoms with Gasteiger partial charge < -0.3 is 14.5 Å². The summed E-state index contributed by atoms with van der Waals surface area (Å²) in [5, 5.41) is 0.756. The monoisotopic (exact) mass is 238 g/mol. The predicted molar refractivity (Wildman–Crippen MR) is 64.8 cm³/mol. The highest BCUT2D eigenvalue weighted by atomic mass is 35.5. The van der Waals surface area contributed by atoms with Gasteiger partial charge in [-0.3, -0.25) is 0 Å². The summed E-state index contributed by atoms with van der Waals surface area (Å²) >= 11 is 5.88. The Morgan fingerprint density at radius 3 is 2.31 bits per heavy atom. The van der Waals surface area contributed by atoms with E-state index in [1.54, 1.807) is 7.11 Å². The molecule has 0 radical (unpaired) electrons. The van der Waals surface area contributed by atoms with Gasteiger partial charge in [-0.15, -0.1) is 0 Å². The van der Waals surface area contributed by atoms with E-state index in [-0.39, 0.29) is 6.17 Å². The van der Waals surface area contributed by atoms with Gasteiger partial charge >= 0.3 is 0 Å². The SMILES string of the molecule is COC1=CN(C)C(c2ccc(Cl)cc2)N1C. The van der Waals surface area contributed by atoms with E-state index in [0.29, 0.717) is 0 Å². The fourth-order valence-corrected chi connectivity index (χ4v) is 2.15. The average molecular weight is 239 g/mol. The van der Waals surface area contributed by atoms with Crippen LogP contribution in [0, 0.1) is 0 Å². The van der Waals surface area contributed by atoms with Crippen LogP contribution in [0.5, 0.6) is 0 Å². The minimum Gasteiger partial charge on any atom is -0.481 e. The molecule has 0 amide bonds. The van der Waals surface area contributed by atoms with Crippen molar-refractivity contribution in [2.75, 3.05) is 21.2 Å². The van der Waals surface area contributed by atoms with E-state index < -0.39 is 0 Å². The number of rotatable bonds is 2. The van der Waals surface area contributed by atoms with Crippen molar-refractivity contribution in [1.82, 2.24) is 9.80 Å². The molecule has 1 unspecified atom stereocenters. The van der Waals surface area contributed by atoms with Crippen LogP contribution in [0.4, 0.5) is 0 Å². The fraction of sp³-hybridized carbons (Fsp3) is 0.333. The van der Waals surface area contributed by atoms with E-state index in [0.717, 1.165) is 10.9 Å². The van der Waals surface area contributed by atoms with Gasteiger partial charge in [0.05, 0.1) is 13.3 Å². The standard InChI is InChI=1S/C12H15ClN2O/c1-14-8-11(16-3)15(2)12(14)9-4-6-10(13)7-5-9/h4-8,12H,1-3H3. The summed E-state index contributed by atoms with van der Waals surface area (Å²) in [6.07, 6.45) is 2.16. The topological polar surface area (TPSA) is 15.7 Å². The first kappa shape index (κ1) is 11.1. The number of hydrogen-bond donors (Lipinski definition) is 0. The summed E-state index contributed by atoms with van der Waals surface area (Å²) < 4.78 is 5.29. The second-order valence-electron chi connectivity index (χ2n) is 3.87. The van der Waals surface area contributed by atoms with Crippen LogP contribution in [-0.4, -0.2) is 31.0 Å². The predicted octanol–water partition coefficient (Wildman–Crippen LogP) is 2.66. The van der Waals surface area contributed by atoms with Gasteiger partial charge in [-0.25, -0.2) is 0 Å². The van der Waals surface area contributed by atoms with Gasteiger partial charge in [-0.1, -0.05) is 23.7 Å². The molecular formula is C12H15ClN2O. The molecule has 0 N–H and O–H groups in total. The van der Waals surface area contributed by atoms with Crippen molar-refractivity contribution in [2.45, 2.75) is 6.17 Å². The number of methoxy groups -OCH3 is 1. The van der Waals surface area contributed by atoms with Crippen LogP contribution in [0.15, 0.2) is 36.3 Å². The molecule has 86 valence electrons. The number of ether oxygens (including phenoxy) is 1. The van der Waals surface area contributed by atoms with Crippen LogP contribution < -0.4 is 0 Å². The van der Waals surface area contributed by atoms with E-state index in [1.807, 2.05) is 44.6 Å². The number of halogens is 1. The van der Waals surface area contributed by atoms with Crippen LogP contribution in [0.3, 0.4) is 0 Å². The third-order valence-electron chi connectivity index (χ3n) is 2.79. The highest BCUT2D eigenvalue weighted by Crippen LogP contribution is 2.32. The van der Waals surface area contributed by atoms with Crippen molar-refractivity contribution >= 4 is 11.6 Å². The Morgan fingerprint density at radius 2 is 1.81 bits per heavy atom. The molecule has 0 bridgehead atoms. The molecule has 16 heavy (non-hydrogen) atoms. The molecule has 1 aliphatic heterocycles. The number of nitrogens with zero attached hydrogens (tertiary/aromatic N) is 2. The third-order valence-corrected chi connectivity index (χ3v) is 3.04. The van der Waals surface area contributed by atoms with Gasteiger partial charge in [0.15, 0.2) is 0 Å². The Balaban J connectivity index is 2.26. The van der Waals surface area contributed by atoms with Crippen molar-refractivity contribution in [1.29, 1.82) is 0 Å². The second kappa shape index (κ2) is 4.26. The summed E-state index contributed by atoms with van der Waals surface area (Å²) in [5.41, 5.74) is 1.19. The average Bonchev–Trinajstić information content (AvgIpc) is 2.56. The first-order valence-electron chi connectivity index (χ1n) is 5.09. The molecule has 1 atom stereocenters. The van der Waals surface area contributed by atoms with E-state index in [1.165, 1.54) is 5.56 Å². The molecule has 1 aromatic rings. The van der Waals surface area contributed by atoms with Crippen molar-refractivity contribution in [3.8, 4) is 0 Å². The van der Waals surface area contributed by atoms with Crippen molar-refractivity contribution < 1.29 is 4.74 Å². The highest BCUT2D eigenvalue weighted by Gasteiger charge is 2.28. The number of benzene rings is 1. The van der Waals surface area contributed by atoms with Crippen LogP contribution in [0.2, 0.25) is 5.02 Å². The molecule has 1 heterocycles. The lowest BCUT2D eigenvalue weighted by Crippen LogP contribution is -2.27. The van der Waals surface area contributed by atoms with Gasteiger partial charge in [-0.05, 0) is 17.7 Å². The molecule has 1 aliphatic rings. The largest absolute Gasteiger partial charge is 0.481 e. The smallest absolute Gasteiger partial charge is 0.207 e. The molecule has 0 saturated heterocycles. The number of hydrogen-bond acceptors (Lipinski definition) is 3. The zero-order chi connectivity index (χ0) is 11.7. The van der Waals surface area contributed by atoms with Gasteiger partial charge in [0.25, 0.3) is 0 Å². The second-order valence-corrected chi connectivity index (χ2v) is 4.31. The lowest BCUT2D eigenvalue weighted by Gasteiger charge is -2.28. The van der Waals surface area contributed by atoms with Gasteiger partial charge in [0, 0.05) is 19.1 Å². The normalized spacial score (nSPS) is 20.0. The summed E-state index contributed by atoms with van der Waals surface area (Å²) in [6.45, 7) is 0.